The van der Waals surface area contributed by atoms with Crippen molar-refractivity contribution in [3.05, 3.63) is 0 Å². The number of ether oxygens (including phenoxy) is 2. The summed E-state index contributed by atoms with van der Waals surface area (Å²) in [5.74, 6) is 0. The van der Waals surface area contributed by atoms with E-state index in [4.69, 9.17) is 24.8 Å². The van der Waals surface area contributed by atoms with E-state index in [2.05, 4.69) is 13.8 Å². The minimum Gasteiger partial charge on any atom is -0.394 e. The number of hydrogen-bond donors (Lipinski definition) is 3. The van der Waals surface area contributed by atoms with Crippen molar-refractivity contribution in [2.24, 2.45) is 0 Å². The van der Waals surface area contributed by atoms with Crippen LogP contribution in [0.15, 0.2) is 0 Å². The lowest BCUT2D eigenvalue weighted by Gasteiger charge is -2.02. The predicted octanol–water partition coefficient (Wildman–Crippen LogP) is 1.34. The third-order valence-electron chi connectivity index (χ3n) is 2.35. The summed E-state index contributed by atoms with van der Waals surface area (Å²) in [5.41, 5.74) is 0. The second-order valence-electron chi connectivity index (χ2n) is 4.28. The Morgan fingerprint density at radius 3 is 1.89 bits per heavy atom. The van der Waals surface area contributed by atoms with Gasteiger partial charge in [-0.1, -0.05) is 33.1 Å². The average molecular weight is 280 g/mol. The van der Waals surface area contributed by atoms with Gasteiger partial charge < -0.3 is 24.8 Å². The Balaban J connectivity index is 0. The quantitative estimate of drug-likeness (QED) is 0.470. The fourth-order valence-corrected chi connectivity index (χ4v) is 1.16. The maximum Gasteiger partial charge on any atom is 0.0770 e. The predicted molar refractivity (Wildman–Crippen MR) is 76.2 cm³/mol. The molecule has 0 fully saturated rings. The van der Waals surface area contributed by atoms with Crippen molar-refractivity contribution in [2.75, 3.05) is 39.6 Å². The minimum absolute atomic E-state index is 0.0922. The monoisotopic (exact) mass is 280 g/mol. The van der Waals surface area contributed by atoms with E-state index in [0.717, 1.165) is 38.7 Å². The summed E-state index contributed by atoms with van der Waals surface area (Å²) >= 11 is 0. The van der Waals surface area contributed by atoms with Crippen molar-refractivity contribution < 1.29 is 24.8 Å². The van der Waals surface area contributed by atoms with E-state index in [9.17, 15) is 0 Å². The molecule has 0 aliphatic rings. The Bertz CT molecular complexity index is 136. The highest BCUT2D eigenvalue weighted by atomic mass is 16.5. The van der Waals surface area contributed by atoms with Gasteiger partial charge in [0.15, 0.2) is 0 Å². The molecule has 0 aliphatic heterocycles. The van der Waals surface area contributed by atoms with Crippen molar-refractivity contribution in [1.29, 1.82) is 0 Å². The van der Waals surface area contributed by atoms with Gasteiger partial charge in [-0.25, -0.2) is 0 Å². The zero-order chi connectivity index (χ0) is 14.8. The number of unbranched alkanes of at least 4 members (excludes halogenated alkanes) is 2. The molecule has 0 rings (SSSR count). The number of aliphatic hydroxyl groups excluding tert-OH is 3. The molecular weight excluding hydrogens is 248 g/mol. The fraction of sp³-hybridized carbons (Fsp3) is 1.00. The van der Waals surface area contributed by atoms with Crippen molar-refractivity contribution in [1.82, 2.24) is 0 Å². The first-order valence-electron chi connectivity index (χ1n) is 7.28. The largest absolute Gasteiger partial charge is 0.394 e. The molecule has 0 saturated heterocycles. The first-order valence-corrected chi connectivity index (χ1v) is 7.28. The van der Waals surface area contributed by atoms with Crippen LogP contribution in [-0.4, -0.2) is 61.1 Å². The second-order valence-corrected chi connectivity index (χ2v) is 4.28. The van der Waals surface area contributed by atoms with E-state index in [-0.39, 0.29) is 13.2 Å². The Kier molecular flexibility index (Phi) is 22.4. The van der Waals surface area contributed by atoms with Crippen molar-refractivity contribution in [3.63, 3.8) is 0 Å². The zero-order valence-electron chi connectivity index (χ0n) is 12.5. The van der Waals surface area contributed by atoms with Crippen molar-refractivity contribution in [3.8, 4) is 0 Å². The van der Waals surface area contributed by atoms with Gasteiger partial charge in [-0.15, -0.1) is 0 Å². The van der Waals surface area contributed by atoms with Gasteiger partial charge in [0.05, 0.1) is 39.1 Å². The lowest BCUT2D eigenvalue weighted by molar-refractivity contribution is 0.0324. The lowest BCUT2D eigenvalue weighted by Crippen LogP contribution is -2.10. The molecule has 0 heterocycles. The van der Waals surface area contributed by atoms with Crippen LogP contribution in [0.3, 0.4) is 0 Å². The van der Waals surface area contributed by atoms with E-state index in [0.29, 0.717) is 19.8 Å². The zero-order valence-corrected chi connectivity index (χ0v) is 12.5. The van der Waals surface area contributed by atoms with E-state index < -0.39 is 6.10 Å². The normalized spacial score (nSPS) is 11.8. The molecule has 0 aromatic rings. The molecule has 0 aromatic carbocycles. The van der Waals surface area contributed by atoms with E-state index in [1.54, 1.807) is 0 Å². The van der Waals surface area contributed by atoms with Gasteiger partial charge in [-0.3, -0.25) is 0 Å². The summed E-state index contributed by atoms with van der Waals surface area (Å²) in [6.07, 6.45) is 4.60. The average Bonchev–Trinajstić information content (AvgIpc) is 2.44. The smallest absolute Gasteiger partial charge is 0.0770 e. The second kappa shape index (κ2) is 20.1. The first kappa shape index (κ1) is 21.1. The maximum absolute atomic E-state index is 8.74. The molecule has 0 bridgehead atoms. The van der Waals surface area contributed by atoms with Crippen LogP contribution >= 0.6 is 0 Å². The molecule has 5 nitrogen and oxygen atoms in total. The highest BCUT2D eigenvalue weighted by Crippen LogP contribution is 1.97. The molecule has 3 N–H and O–H groups in total. The molecule has 0 saturated carbocycles. The van der Waals surface area contributed by atoms with Crippen LogP contribution in [0.2, 0.25) is 0 Å². The molecule has 0 spiro atoms. The lowest BCUT2D eigenvalue weighted by atomic mass is 10.2. The topological polar surface area (TPSA) is 79.2 Å². The van der Waals surface area contributed by atoms with Gasteiger partial charge in [0, 0.05) is 6.61 Å². The van der Waals surface area contributed by atoms with Gasteiger partial charge in [0.25, 0.3) is 0 Å². The molecule has 0 aromatic heterocycles. The summed E-state index contributed by atoms with van der Waals surface area (Å²) in [5, 5.41) is 25.4. The molecule has 5 heteroatoms. The highest BCUT2D eigenvalue weighted by molar-refractivity contribution is 4.50. The highest BCUT2D eigenvalue weighted by Gasteiger charge is 1.97. The van der Waals surface area contributed by atoms with Crippen LogP contribution < -0.4 is 0 Å². The number of hydrogen-bond acceptors (Lipinski definition) is 5. The summed E-state index contributed by atoms with van der Waals surface area (Å²) < 4.78 is 10.2. The first-order chi connectivity index (χ1) is 9.22. The molecule has 1 atom stereocenters. The van der Waals surface area contributed by atoms with Crippen molar-refractivity contribution in [2.45, 2.75) is 52.1 Å². The Morgan fingerprint density at radius 2 is 1.42 bits per heavy atom. The molecule has 0 aliphatic carbocycles. The standard InChI is InChI=1S/C8H18O3.C6H14O2/c1-2-3-5-10-7-8-11-6-4-9;1-2-3-4-6(8)5-7/h9H,2-8H2,1H3;6-8H,2-5H2,1H3. The van der Waals surface area contributed by atoms with E-state index in [1.807, 2.05) is 0 Å². The minimum atomic E-state index is -0.491. The van der Waals surface area contributed by atoms with Crippen LogP contribution in [0.25, 0.3) is 0 Å². The number of rotatable bonds is 12. The van der Waals surface area contributed by atoms with Crippen molar-refractivity contribution >= 4 is 0 Å². The Labute approximate surface area is 117 Å². The molecule has 1 unspecified atom stereocenters. The fourth-order valence-electron chi connectivity index (χ4n) is 1.16. The molecule has 0 radical (unpaired) electrons. The van der Waals surface area contributed by atoms with Crippen LogP contribution in [0, 0.1) is 0 Å². The van der Waals surface area contributed by atoms with Gasteiger partial charge in [0.2, 0.25) is 0 Å². The number of aliphatic hydroxyl groups is 3. The summed E-state index contributed by atoms with van der Waals surface area (Å²) in [7, 11) is 0. The summed E-state index contributed by atoms with van der Waals surface area (Å²) in [6, 6.07) is 0. The SMILES string of the molecule is CCCCC(O)CO.CCCCOCCOCCO. The van der Waals surface area contributed by atoms with Gasteiger partial charge in [-0.05, 0) is 12.8 Å². The third kappa shape index (κ3) is 23.3. The van der Waals surface area contributed by atoms with Gasteiger partial charge in [-0.2, -0.15) is 0 Å². The Morgan fingerprint density at radius 1 is 0.842 bits per heavy atom. The molecule has 19 heavy (non-hydrogen) atoms. The van der Waals surface area contributed by atoms with E-state index in [1.165, 1.54) is 0 Å². The molecule has 118 valence electrons. The van der Waals surface area contributed by atoms with Crippen LogP contribution in [0.1, 0.15) is 46.0 Å². The van der Waals surface area contributed by atoms with Crippen LogP contribution in [0.5, 0.6) is 0 Å². The summed E-state index contributed by atoms with van der Waals surface area (Å²) in [4.78, 5) is 0. The molecular formula is C14H32O5. The van der Waals surface area contributed by atoms with Crippen LogP contribution in [-0.2, 0) is 9.47 Å². The van der Waals surface area contributed by atoms with Gasteiger partial charge in [0.1, 0.15) is 0 Å². The Hall–Kier alpha value is -0.200. The summed E-state index contributed by atoms with van der Waals surface area (Å²) in [6.45, 7) is 6.64. The third-order valence-corrected chi connectivity index (χ3v) is 2.35. The van der Waals surface area contributed by atoms with Gasteiger partial charge >= 0.3 is 0 Å². The van der Waals surface area contributed by atoms with Crippen LogP contribution in [0.4, 0.5) is 0 Å². The maximum atomic E-state index is 8.74. The molecule has 0 amide bonds. The van der Waals surface area contributed by atoms with E-state index >= 15 is 0 Å².